The average Bonchev–Trinajstić information content (AvgIpc) is 2.85. The Balaban J connectivity index is 1.58. The zero-order chi connectivity index (χ0) is 24.2. The number of amides is 3. The normalized spacial score (nSPS) is 17.0. The summed E-state index contributed by atoms with van der Waals surface area (Å²) in [6, 6.07) is 12.7. The van der Waals surface area contributed by atoms with Gasteiger partial charge in [0.1, 0.15) is 18.3 Å². The standard InChI is InChI=1S/C26H32N4O4/c1-4-34-23-11-6-5-9-19(23)16-27-24(31)17-30-22-15-18(25(32)28(2)3)12-13-20(22)29-14-8-7-10-21(29)26(30)33/h5-6,9,11-13,15,21H,4,7-8,10,14,16-17H2,1-3H3,(H,27,31). The summed E-state index contributed by atoms with van der Waals surface area (Å²) in [6.45, 7) is 3.44. The Labute approximate surface area is 200 Å². The van der Waals surface area contributed by atoms with Crippen molar-refractivity contribution < 1.29 is 19.1 Å². The van der Waals surface area contributed by atoms with Crippen molar-refractivity contribution in [3.05, 3.63) is 53.6 Å². The molecule has 2 heterocycles. The third kappa shape index (κ3) is 4.71. The van der Waals surface area contributed by atoms with E-state index in [0.717, 1.165) is 42.8 Å². The fraction of sp³-hybridized carbons (Fsp3) is 0.423. The summed E-state index contributed by atoms with van der Waals surface area (Å²) in [5.41, 5.74) is 2.87. The molecule has 1 fully saturated rings. The van der Waals surface area contributed by atoms with E-state index in [1.54, 1.807) is 26.2 Å². The minimum absolute atomic E-state index is 0.0912. The quantitative estimate of drug-likeness (QED) is 0.682. The highest BCUT2D eigenvalue weighted by Crippen LogP contribution is 2.40. The van der Waals surface area contributed by atoms with Gasteiger partial charge in [0, 0.05) is 38.3 Å². The number of carbonyl (C=O) groups is 3. The fourth-order valence-corrected chi connectivity index (χ4v) is 4.65. The summed E-state index contributed by atoms with van der Waals surface area (Å²) >= 11 is 0. The third-order valence-electron chi connectivity index (χ3n) is 6.33. The van der Waals surface area contributed by atoms with Crippen molar-refractivity contribution in [2.75, 3.05) is 43.6 Å². The van der Waals surface area contributed by atoms with Gasteiger partial charge in [-0.25, -0.2) is 0 Å². The van der Waals surface area contributed by atoms with Crippen LogP contribution in [0.15, 0.2) is 42.5 Å². The van der Waals surface area contributed by atoms with Gasteiger partial charge in [-0.2, -0.15) is 0 Å². The van der Waals surface area contributed by atoms with Crippen molar-refractivity contribution in [1.82, 2.24) is 10.2 Å². The van der Waals surface area contributed by atoms with Gasteiger partial charge < -0.3 is 19.9 Å². The third-order valence-corrected chi connectivity index (χ3v) is 6.33. The molecule has 1 N–H and O–H groups in total. The van der Waals surface area contributed by atoms with Crippen LogP contribution in [0.4, 0.5) is 11.4 Å². The lowest BCUT2D eigenvalue weighted by atomic mass is 9.95. The first-order valence-electron chi connectivity index (χ1n) is 11.8. The molecule has 1 unspecified atom stereocenters. The number of nitrogens with zero attached hydrogens (tertiary/aromatic N) is 3. The monoisotopic (exact) mass is 464 g/mol. The van der Waals surface area contributed by atoms with Gasteiger partial charge in [-0.1, -0.05) is 18.2 Å². The van der Waals surface area contributed by atoms with Crippen molar-refractivity contribution in [2.24, 2.45) is 0 Å². The Morgan fingerprint density at radius 1 is 1.12 bits per heavy atom. The Morgan fingerprint density at radius 2 is 1.91 bits per heavy atom. The summed E-state index contributed by atoms with van der Waals surface area (Å²) in [7, 11) is 3.39. The zero-order valence-electron chi connectivity index (χ0n) is 20.0. The Kier molecular flexibility index (Phi) is 7.05. The molecule has 0 bridgehead atoms. The first-order chi connectivity index (χ1) is 16.4. The molecular formula is C26H32N4O4. The topological polar surface area (TPSA) is 82.2 Å². The number of nitrogens with one attached hydrogen (secondary N) is 1. The van der Waals surface area contributed by atoms with Crippen LogP contribution < -0.4 is 19.9 Å². The number of carbonyl (C=O) groups excluding carboxylic acids is 3. The second-order valence-electron chi connectivity index (χ2n) is 8.85. The molecule has 0 saturated carbocycles. The van der Waals surface area contributed by atoms with Crippen LogP contribution in [0.25, 0.3) is 0 Å². The molecule has 0 aromatic heterocycles. The van der Waals surface area contributed by atoms with Crippen molar-refractivity contribution in [1.29, 1.82) is 0 Å². The molecule has 0 aliphatic carbocycles. The van der Waals surface area contributed by atoms with Gasteiger partial charge in [0.25, 0.3) is 5.91 Å². The van der Waals surface area contributed by atoms with E-state index in [4.69, 9.17) is 4.74 Å². The fourth-order valence-electron chi connectivity index (χ4n) is 4.65. The molecule has 0 radical (unpaired) electrons. The van der Waals surface area contributed by atoms with Crippen LogP contribution in [-0.2, 0) is 16.1 Å². The van der Waals surface area contributed by atoms with Gasteiger partial charge in [-0.15, -0.1) is 0 Å². The molecule has 1 saturated heterocycles. The van der Waals surface area contributed by atoms with E-state index in [-0.39, 0.29) is 30.3 Å². The first kappa shape index (κ1) is 23.6. The molecule has 2 aromatic rings. The van der Waals surface area contributed by atoms with E-state index in [1.165, 1.54) is 9.80 Å². The number of benzene rings is 2. The Bertz CT molecular complexity index is 1080. The van der Waals surface area contributed by atoms with E-state index in [0.29, 0.717) is 24.4 Å². The van der Waals surface area contributed by atoms with Crippen LogP contribution in [0.1, 0.15) is 42.1 Å². The molecule has 180 valence electrons. The number of para-hydroxylation sites is 1. The molecule has 2 aromatic carbocycles. The molecule has 4 rings (SSSR count). The summed E-state index contributed by atoms with van der Waals surface area (Å²) in [6.07, 6.45) is 2.76. The molecule has 8 heteroatoms. The van der Waals surface area contributed by atoms with E-state index in [9.17, 15) is 14.4 Å². The van der Waals surface area contributed by atoms with Gasteiger partial charge in [0.2, 0.25) is 11.8 Å². The summed E-state index contributed by atoms with van der Waals surface area (Å²) in [5.74, 6) is 0.230. The average molecular weight is 465 g/mol. The van der Waals surface area contributed by atoms with Gasteiger partial charge in [0.05, 0.1) is 18.0 Å². The molecule has 0 spiro atoms. The van der Waals surface area contributed by atoms with Crippen LogP contribution in [0.2, 0.25) is 0 Å². The SMILES string of the molecule is CCOc1ccccc1CNC(=O)CN1C(=O)C2CCCCN2c2ccc(C(=O)N(C)C)cc21. The highest BCUT2D eigenvalue weighted by molar-refractivity contribution is 6.09. The highest BCUT2D eigenvalue weighted by Gasteiger charge is 2.40. The van der Waals surface area contributed by atoms with Crippen LogP contribution in [-0.4, -0.2) is 62.5 Å². The molecule has 8 nitrogen and oxygen atoms in total. The predicted molar refractivity (Wildman–Crippen MR) is 131 cm³/mol. The van der Waals surface area contributed by atoms with Crippen molar-refractivity contribution in [3.63, 3.8) is 0 Å². The van der Waals surface area contributed by atoms with E-state index in [1.807, 2.05) is 37.3 Å². The molecule has 2 aliphatic heterocycles. The number of piperidine rings is 1. The first-order valence-corrected chi connectivity index (χ1v) is 11.8. The van der Waals surface area contributed by atoms with E-state index < -0.39 is 0 Å². The maximum Gasteiger partial charge on any atom is 0.253 e. The van der Waals surface area contributed by atoms with Crippen molar-refractivity contribution >= 4 is 29.1 Å². The van der Waals surface area contributed by atoms with Gasteiger partial charge in [-0.3, -0.25) is 19.3 Å². The molecule has 1 atom stereocenters. The van der Waals surface area contributed by atoms with Gasteiger partial charge in [-0.05, 0) is 50.5 Å². The van der Waals surface area contributed by atoms with Crippen LogP contribution >= 0.6 is 0 Å². The molecule has 34 heavy (non-hydrogen) atoms. The lowest BCUT2D eigenvalue weighted by Crippen LogP contribution is -2.57. The summed E-state index contributed by atoms with van der Waals surface area (Å²) < 4.78 is 5.64. The Hall–Kier alpha value is -3.55. The predicted octanol–water partition coefficient (Wildman–Crippen LogP) is 2.81. The van der Waals surface area contributed by atoms with E-state index in [2.05, 4.69) is 10.2 Å². The van der Waals surface area contributed by atoms with Crippen LogP contribution in [0.5, 0.6) is 5.75 Å². The van der Waals surface area contributed by atoms with Crippen LogP contribution in [0.3, 0.4) is 0 Å². The van der Waals surface area contributed by atoms with E-state index >= 15 is 0 Å². The maximum absolute atomic E-state index is 13.5. The maximum atomic E-state index is 13.5. The summed E-state index contributed by atoms with van der Waals surface area (Å²) in [4.78, 5) is 44.2. The largest absolute Gasteiger partial charge is 0.494 e. The molecular weight excluding hydrogens is 432 g/mol. The van der Waals surface area contributed by atoms with Crippen molar-refractivity contribution in [3.8, 4) is 5.75 Å². The number of hydrogen-bond donors (Lipinski definition) is 1. The van der Waals surface area contributed by atoms with Crippen molar-refractivity contribution in [2.45, 2.75) is 38.8 Å². The second kappa shape index (κ2) is 10.2. The van der Waals surface area contributed by atoms with Gasteiger partial charge >= 0.3 is 0 Å². The second-order valence-corrected chi connectivity index (χ2v) is 8.85. The number of hydrogen-bond acceptors (Lipinski definition) is 5. The number of anilines is 2. The Morgan fingerprint density at radius 3 is 2.68 bits per heavy atom. The number of fused-ring (bicyclic) bond motifs is 3. The lowest BCUT2D eigenvalue weighted by Gasteiger charge is -2.45. The zero-order valence-corrected chi connectivity index (χ0v) is 20.0. The van der Waals surface area contributed by atoms with Crippen LogP contribution in [0, 0.1) is 0 Å². The number of rotatable bonds is 7. The number of ether oxygens (including phenoxy) is 1. The molecule has 2 aliphatic rings. The smallest absolute Gasteiger partial charge is 0.253 e. The van der Waals surface area contributed by atoms with Gasteiger partial charge in [0.15, 0.2) is 0 Å². The molecule has 3 amide bonds. The minimum Gasteiger partial charge on any atom is -0.494 e. The highest BCUT2D eigenvalue weighted by atomic mass is 16.5. The summed E-state index contributed by atoms with van der Waals surface area (Å²) in [5, 5.41) is 2.92. The minimum atomic E-state index is -0.275. The lowest BCUT2D eigenvalue weighted by molar-refractivity contribution is -0.125.